The van der Waals surface area contributed by atoms with Crippen molar-refractivity contribution < 1.29 is 9.59 Å². The highest BCUT2D eigenvalue weighted by atomic mass is 32.2. The van der Waals surface area contributed by atoms with Crippen molar-refractivity contribution >= 4 is 57.0 Å². The van der Waals surface area contributed by atoms with E-state index in [2.05, 4.69) is 31.9 Å². The van der Waals surface area contributed by atoms with E-state index in [9.17, 15) is 9.59 Å². The summed E-state index contributed by atoms with van der Waals surface area (Å²) in [6.07, 6.45) is 0. The molecule has 8 nitrogen and oxygen atoms in total. The first-order valence-electron chi connectivity index (χ1n) is 10.2. The number of carbonyl (C=O) groups excluding carboxylic acids is 2. The van der Waals surface area contributed by atoms with Crippen molar-refractivity contribution in [1.82, 2.24) is 30.4 Å². The van der Waals surface area contributed by atoms with Crippen LogP contribution in [-0.4, -0.2) is 43.5 Å². The summed E-state index contributed by atoms with van der Waals surface area (Å²) in [5, 5.41) is 14.2. The quantitative estimate of drug-likeness (QED) is 0.345. The van der Waals surface area contributed by atoms with Crippen molar-refractivity contribution in [3.05, 3.63) is 60.4 Å². The fourth-order valence-corrected chi connectivity index (χ4v) is 5.71. The maximum absolute atomic E-state index is 12.2. The molecule has 0 fully saturated rings. The topological polar surface area (TPSA) is 102 Å². The van der Waals surface area contributed by atoms with Crippen LogP contribution in [0.3, 0.4) is 0 Å². The average Bonchev–Trinajstić information content (AvgIpc) is 3.39. The number of rotatable bonds is 8. The number of imide groups is 1. The van der Waals surface area contributed by atoms with Crippen LogP contribution < -0.4 is 10.6 Å². The number of hydrogen-bond donors (Lipinski definition) is 2. The van der Waals surface area contributed by atoms with Crippen LogP contribution in [0.25, 0.3) is 15.9 Å². The number of amides is 3. The Bertz CT molecular complexity index is 1220. The van der Waals surface area contributed by atoms with Crippen LogP contribution in [0.15, 0.2) is 64.1 Å². The summed E-state index contributed by atoms with van der Waals surface area (Å²) >= 11 is 4.48. The van der Waals surface area contributed by atoms with Crippen molar-refractivity contribution in [3.8, 4) is 5.69 Å². The molecule has 4 aromatic rings. The lowest BCUT2D eigenvalue weighted by atomic mass is 10.3. The van der Waals surface area contributed by atoms with Gasteiger partial charge in [0.25, 0.3) is 0 Å². The number of nitrogens with one attached hydrogen (secondary N) is 2. The minimum atomic E-state index is -0.506. The smallest absolute Gasteiger partial charge is 0.321 e. The average molecular weight is 499 g/mol. The number of aromatic nitrogens is 4. The first-order valence-corrected chi connectivity index (χ1v) is 13.0. The first-order chi connectivity index (χ1) is 16.0. The predicted octanol–water partition coefficient (Wildman–Crippen LogP) is 4.50. The Morgan fingerprint density at radius 3 is 2.55 bits per heavy atom. The molecule has 33 heavy (non-hydrogen) atoms. The molecule has 11 heteroatoms. The van der Waals surface area contributed by atoms with Crippen molar-refractivity contribution in [2.75, 3.05) is 5.75 Å². The van der Waals surface area contributed by atoms with Gasteiger partial charge in [0.1, 0.15) is 5.82 Å². The summed E-state index contributed by atoms with van der Waals surface area (Å²) in [7, 11) is 0. The molecule has 0 saturated carbocycles. The third-order valence-corrected chi connectivity index (χ3v) is 7.42. The van der Waals surface area contributed by atoms with Gasteiger partial charge in [0.05, 0.1) is 21.7 Å². The largest absolute Gasteiger partial charge is 0.336 e. The fourth-order valence-electron chi connectivity index (χ4n) is 2.95. The number of urea groups is 1. The minimum absolute atomic E-state index is 0.0431. The molecule has 0 bridgehead atoms. The van der Waals surface area contributed by atoms with Gasteiger partial charge < -0.3 is 5.32 Å². The number of nitrogens with zero attached hydrogens (tertiary/aromatic N) is 4. The van der Waals surface area contributed by atoms with Gasteiger partial charge in [-0.25, -0.2) is 9.78 Å². The summed E-state index contributed by atoms with van der Waals surface area (Å²) in [4.78, 5) is 28.6. The van der Waals surface area contributed by atoms with Crippen molar-refractivity contribution in [2.24, 2.45) is 0 Å². The van der Waals surface area contributed by atoms with Crippen LogP contribution in [0.1, 0.15) is 19.7 Å². The van der Waals surface area contributed by atoms with Crippen molar-refractivity contribution in [2.45, 2.75) is 35.1 Å². The van der Waals surface area contributed by atoms with Crippen LogP contribution in [-0.2, 0) is 10.5 Å². The van der Waals surface area contributed by atoms with Crippen LogP contribution >= 0.6 is 34.9 Å². The molecular weight excluding hydrogens is 476 g/mol. The molecular formula is C22H22N6O2S3. The minimum Gasteiger partial charge on any atom is -0.336 e. The molecule has 2 heterocycles. The zero-order chi connectivity index (χ0) is 23.2. The van der Waals surface area contributed by atoms with Crippen LogP contribution in [0.5, 0.6) is 0 Å². The predicted molar refractivity (Wildman–Crippen MR) is 133 cm³/mol. The van der Waals surface area contributed by atoms with Crippen LogP contribution in [0.4, 0.5) is 4.79 Å². The first kappa shape index (κ1) is 23.3. The second-order valence-electron chi connectivity index (χ2n) is 7.27. The molecule has 0 aliphatic heterocycles. The Labute approximate surface area is 203 Å². The Kier molecular flexibility index (Phi) is 7.63. The molecule has 0 radical (unpaired) electrons. The molecule has 2 N–H and O–H groups in total. The zero-order valence-corrected chi connectivity index (χ0v) is 20.5. The third kappa shape index (κ3) is 6.12. The second-order valence-corrected chi connectivity index (χ2v) is 10.5. The molecule has 0 aliphatic carbocycles. The van der Waals surface area contributed by atoms with E-state index in [1.807, 2.05) is 66.9 Å². The van der Waals surface area contributed by atoms with Crippen LogP contribution in [0, 0.1) is 0 Å². The summed E-state index contributed by atoms with van der Waals surface area (Å²) < 4.78 is 4.05. The number of thiazole rings is 1. The molecule has 0 unspecified atom stereocenters. The van der Waals surface area contributed by atoms with Gasteiger partial charge in [-0.05, 0) is 38.1 Å². The summed E-state index contributed by atoms with van der Waals surface area (Å²) in [5.41, 5.74) is 1.89. The number of carbonyl (C=O) groups is 2. The molecule has 4 rings (SSSR count). The lowest BCUT2D eigenvalue weighted by Crippen LogP contribution is -2.43. The number of benzene rings is 2. The Morgan fingerprint density at radius 2 is 1.79 bits per heavy atom. The number of para-hydroxylation sites is 2. The van der Waals surface area contributed by atoms with Crippen molar-refractivity contribution in [3.63, 3.8) is 0 Å². The molecule has 0 spiro atoms. The van der Waals surface area contributed by atoms with Gasteiger partial charge >= 0.3 is 6.03 Å². The third-order valence-electron chi connectivity index (χ3n) is 4.32. The van der Waals surface area contributed by atoms with Gasteiger partial charge in [0.2, 0.25) is 5.91 Å². The summed E-state index contributed by atoms with van der Waals surface area (Å²) in [5.74, 6) is 0.976. The summed E-state index contributed by atoms with van der Waals surface area (Å²) in [6, 6.07) is 17.3. The maximum Gasteiger partial charge on any atom is 0.321 e. The maximum atomic E-state index is 12.2. The van der Waals surface area contributed by atoms with Gasteiger partial charge in [0, 0.05) is 11.7 Å². The second kappa shape index (κ2) is 10.8. The lowest BCUT2D eigenvalue weighted by molar-refractivity contribution is -0.117. The van der Waals surface area contributed by atoms with Crippen LogP contribution in [0.2, 0.25) is 0 Å². The highest BCUT2D eigenvalue weighted by molar-refractivity contribution is 8.00. The van der Waals surface area contributed by atoms with E-state index in [1.54, 1.807) is 23.1 Å². The SMILES string of the molecule is CC(C)NC(=O)NC(=O)CSc1nnc(CSc2nc3ccccc3s2)n1-c1ccccc1. The number of thioether (sulfide) groups is 2. The highest BCUT2D eigenvalue weighted by Gasteiger charge is 2.18. The monoisotopic (exact) mass is 498 g/mol. The van der Waals surface area contributed by atoms with E-state index in [1.165, 1.54) is 11.8 Å². The number of hydrogen-bond acceptors (Lipinski definition) is 8. The van der Waals surface area contributed by atoms with Gasteiger partial charge in [0.15, 0.2) is 9.50 Å². The zero-order valence-electron chi connectivity index (χ0n) is 18.0. The van der Waals surface area contributed by atoms with Gasteiger partial charge in [-0.15, -0.1) is 21.5 Å². The molecule has 0 atom stereocenters. The van der Waals surface area contributed by atoms with Gasteiger partial charge in [-0.2, -0.15) is 0 Å². The molecule has 2 aromatic heterocycles. The molecule has 170 valence electrons. The van der Waals surface area contributed by atoms with Gasteiger partial charge in [-0.1, -0.05) is 53.9 Å². The van der Waals surface area contributed by atoms with Crippen molar-refractivity contribution in [1.29, 1.82) is 0 Å². The van der Waals surface area contributed by atoms with E-state index in [0.29, 0.717) is 10.9 Å². The van der Waals surface area contributed by atoms with Gasteiger partial charge in [-0.3, -0.25) is 14.7 Å². The molecule has 0 aliphatic rings. The van der Waals surface area contributed by atoms with E-state index < -0.39 is 11.9 Å². The lowest BCUT2D eigenvalue weighted by Gasteiger charge is -2.10. The standard InChI is InChI=1S/C22H22N6O2S3/c1-14(2)23-20(30)25-19(29)13-31-21-27-26-18(28(21)15-8-4-3-5-9-15)12-32-22-24-16-10-6-7-11-17(16)33-22/h3-11,14H,12-13H2,1-2H3,(H2,23,25,29,30). The Balaban J connectivity index is 1.48. The Hall–Kier alpha value is -2.89. The summed E-state index contributed by atoms with van der Waals surface area (Å²) in [6.45, 7) is 3.66. The molecule has 0 saturated heterocycles. The normalized spacial score (nSPS) is 11.1. The Morgan fingerprint density at radius 1 is 1.03 bits per heavy atom. The van der Waals surface area contributed by atoms with E-state index >= 15 is 0 Å². The van der Waals surface area contributed by atoms with E-state index in [4.69, 9.17) is 0 Å². The molecule has 2 aromatic carbocycles. The fraction of sp³-hybridized carbons (Fsp3) is 0.227. The number of fused-ring (bicyclic) bond motifs is 1. The highest BCUT2D eigenvalue weighted by Crippen LogP contribution is 2.32. The van der Waals surface area contributed by atoms with E-state index in [-0.39, 0.29) is 11.8 Å². The van der Waals surface area contributed by atoms with E-state index in [0.717, 1.165) is 26.1 Å². The molecule has 3 amide bonds.